The number of aliphatic hydroxyl groups is 1. The quantitative estimate of drug-likeness (QED) is 0.708. The SMILES string of the molecule is COCCN(CCO)C(=O)c1ccccc1CCN. The molecule has 106 valence electrons. The number of benzene rings is 1. The summed E-state index contributed by atoms with van der Waals surface area (Å²) in [7, 11) is 1.59. The molecule has 1 amide bonds. The van der Waals surface area contributed by atoms with E-state index >= 15 is 0 Å². The van der Waals surface area contributed by atoms with Crippen LogP contribution in [0.4, 0.5) is 0 Å². The first-order valence-corrected chi connectivity index (χ1v) is 6.41. The van der Waals surface area contributed by atoms with E-state index in [9.17, 15) is 4.79 Å². The molecule has 19 heavy (non-hydrogen) atoms. The topological polar surface area (TPSA) is 75.8 Å². The second-order valence-corrected chi connectivity index (χ2v) is 4.20. The molecule has 0 spiro atoms. The standard InChI is InChI=1S/C14H22N2O3/c1-19-11-9-16(8-10-17)14(18)13-5-3-2-4-12(13)6-7-15/h2-5,17H,6-11,15H2,1H3. The van der Waals surface area contributed by atoms with Crippen molar-refractivity contribution in [3.63, 3.8) is 0 Å². The van der Waals surface area contributed by atoms with Gasteiger partial charge in [-0.05, 0) is 24.6 Å². The smallest absolute Gasteiger partial charge is 0.254 e. The first-order chi connectivity index (χ1) is 9.24. The summed E-state index contributed by atoms with van der Waals surface area (Å²) in [6, 6.07) is 7.44. The van der Waals surface area contributed by atoms with Crippen molar-refractivity contribution in [2.45, 2.75) is 6.42 Å². The summed E-state index contributed by atoms with van der Waals surface area (Å²) in [6.45, 7) is 1.66. The number of rotatable bonds is 8. The van der Waals surface area contributed by atoms with Gasteiger partial charge in [-0.25, -0.2) is 0 Å². The minimum absolute atomic E-state index is 0.0610. The maximum Gasteiger partial charge on any atom is 0.254 e. The van der Waals surface area contributed by atoms with Crippen molar-refractivity contribution in [1.82, 2.24) is 4.90 Å². The molecule has 0 saturated heterocycles. The third kappa shape index (κ3) is 4.63. The predicted molar refractivity (Wildman–Crippen MR) is 74.1 cm³/mol. The van der Waals surface area contributed by atoms with E-state index in [-0.39, 0.29) is 12.5 Å². The van der Waals surface area contributed by atoms with Crippen LogP contribution in [0.3, 0.4) is 0 Å². The molecule has 1 aromatic rings. The van der Waals surface area contributed by atoms with Gasteiger partial charge >= 0.3 is 0 Å². The van der Waals surface area contributed by atoms with E-state index in [2.05, 4.69) is 0 Å². The van der Waals surface area contributed by atoms with E-state index in [0.29, 0.717) is 38.2 Å². The van der Waals surface area contributed by atoms with E-state index < -0.39 is 0 Å². The maximum atomic E-state index is 12.5. The van der Waals surface area contributed by atoms with Crippen LogP contribution >= 0.6 is 0 Å². The first kappa shape index (κ1) is 15.6. The first-order valence-electron chi connectivity index (χ1n) is 6.41. The third-order valence-electron chi connectivity index (χ3n) is 2.88. The van der Waals surface area contributed by atoms with Crippen molar-refractivity contribution in [2.75, 3.05) is 40.0 Å². The zero-order valence-electron chi connectivity index (χ0n) is 11.3. The van der Waals surface area contributed by atoms with Gasteiger partial charge in [0.25, 0.3) is 5.91 Å². The van der Waals surface area contributed by atoms with Crippen molar-refractivity contribution < 1.29 is 14.6 Å². The van der Waals surface area contributed by atoms with Crippen LogP contribution in [-0.4, -0.2) is 55.9 Å². The number of amides is 1. The van der Waals surface area contributed by atoms with Gasteiger partial charge in [-0.3, -0.25) is 4.79 Å². The number of aliphatic hydroxyl groups excluding tert-OH is 1. The molecule has 0 radical (unpaired) electrons. The van der Waals surface area contributed by atoms with Crippen LogP contribution in [0.1, 0.15) is 15.9 Å². The fourth-order valence-electron chi connectivity index (χ4n) is 1.91. The molecule has 3 N–H and O–H groups in total. The van der Waals surface area contributed by atoms with Crippen LogP contribution in [0.5, 0.6) is 0 Å². The lowest BCUT2D eigenvalue weighted by Gasteiger charge is -2.22. The Morgan fingerprint density at radius 2 is 2.11 bits per heavy atom. The van der Waals surface area contributed by atoms with Crippen molar-refractivity contribution in [1.29, 1.82) is 0 Å². The molecule has 5 heteroatoms. The lowest BCUT2D eigenvalue weighted by molar-refractivity contribution is 0.0655. The molecule has 0 unspecified atom stereocenters. The number of carbonyl (C=O) groups is 1. The summed E-state index contributed by atoms with van der Waals surface area (Å²) in [6.07, 6.45) is 0.666. The average Bonchev–Trinajstić information content (AvgIpc) is 2.44. The molecule has 0 heterocycles. The number of carbonyl (C=O) groups excluding carboxylic acids is 1. The van der Waals surface area contributed by atoms with Crippen molar-refractivity contribution >= 4 is 5.91 Å². The number of methoxy groups -OCH3 is 1. The molecule has 0 bridgehead atoms. The average molecular weight is 266 g/mol. The Morgan fingerprint density at radius 1 is 1.37 bits per heavy atom. The van der Waals surface area contributed by atoms with Gasteiger partial charge in [0.15, 0.2) is 0 Å². The Kier molecular flexibility index (Phi) is 7.10. The summed E-state index contributed by atoms with van der Waals surface area (Å²) >= 11 is 0. The molecule has 0 aliphatic rings. The normalized spacial score (nSPS) is 10.5. The van der Waals surface area contributed by atoms with Crippen molar-refractivity contribution in [3.05, 3.63) is 35.4 Å². The lowest BCUT2D eigenvalue weighted by atomic mass is 10.0. The Morgan fingerprint density at radius 3 is 2.74 bits per heavy atom. The molecule has 0 aliphatic carbocycles. The Labute approximate surface area is 114 Å². The molecule has 1 aromatic carbocycles. The van der Waals surface area contributed by atoms with E-state index in [4.69, 9.17) is 15.6 Å². The van der Waals surface area contributed by atoms with Crippen LogP contribution in [-0.2, 0) is 11.2 Å². The number of hydrogen-bond acceptors (Lipinski definition) is 4. The van der Waals surface area contributed by atoms with Gasteiger partial charge in [-0.15, -0.1) is 0 Å². The number of hydrogen-bond donors (Lipinski definition) is 2. The van der Waals surface area contributed by atoms with E-state index in [1.54, 1.807) is 18.1 Å². The Hall–Kier alpha value is -1.43. The summed E-state index contributed by atoms with van der Waals surface area (Å²) in [4.78, 5) is 14.1. The zero-order valence-corrected chi connectivity index (χ0v) is 11.3. The Bertz CT molecular complexity index is 396. The third-order valence-corrected chi connectivity index (χ3v) is 2.88. The Balaban J connectivity index is 2.88. The highest BCUT2D eigenvalue weighted by Crippen LogP contribution is 2.12. The summed E-state index contributed by atoms with van der Waals surface area (Å²) < 4.78 is 4.99. The summed E-state index contributed by atoms with van der Waals surface area (Å²) in [5.41, 5.74) is 7.15. The molecular weight excluding hydrogens is 244 g/mol. The van der Waals surface area contributed by atoms with Crippen molar-refractivity contribution in [2.24, 2.45) is 5.73 Å². The van der Waals surface area contributed by atoms with Crippen LogP contribution < -0.4 is 5.73 Å². The van der Waals surface area contributed by atoms with Gasteiger partial charge in [-0.2, -0.15) is 0 Å². The van der Waals surface area contributed by atoms with Crippen LogP contribution in [0, 0.1) is 0 Å². The molecule has 0 aromatic heterocycles. The van der Waals surface area contributed by atoms with Gasteiger partial charge < -0.3 is 20.5 Å². The monoisotopic (exact) mass is 266 g/mol. The minimum Gasteiger partial charge on any atom is -0.395 e. The second kappa shape index (κ2) is 8.63. The predicted octanol–water partition coefficient (Wildman–Crippen LogP) is 0.269. The highest BCUT2D eigenvalue weighted by Gasteiger charge is 2.17. The second-order valence-electron chi connectivity index (χ2n) is 4.20. The number of ether oxygens (including phenoxy) is 1. The summed E-state index contributed by atoms with van der Waals surface area (Å²) in [5, 5.41) is 9.05. The molecule has 0 aliphatic heterocycles. The van der Waals surface area contributed by atoms with Gasteiger partial charge in [0.2, 0.25) is 0 Å². The summed E-state index contributed by atoms with van der Waals surface area (Å²) in [5.74, 6) is -0.0878. The van der Waals surface area contributed by atoms with E-state index in [1.165, 1.54) is 0 Å². The molecule has 0 fully saturated rings. The highest BCUT2D eigenvalue weighted by atomic mass is 16.5. The van der Waals surface area contributed by atoms with Gasteiger partial charge in [0.05, 0.1) is 13.2 Å². The van der Waals surface area contributed by atoms with Gasteiger partial charge in [0, 0.05) is 25.8 Å². The molecule has 5 nitrogen and oxygen atoms in total. The van der Waals surface area contributed by atoms with E-state index in [0.717, 1.165) is 5.56 Å². The van der Waals surface area contributed by atoms with Gasteiger partial charge in [0.1, 0.15) is 0 Å². The fraction of sp³-hybridized carbons (Fsp3) is 0.500. The van der Waals surface area contributed by atoms with Crippen LogP contribution in [0.25, 0.3) is 0 Å². The zero-order chi connectivity index (χ0) is 14.1. The lowest BCUT2D eigenvalue weighted by Crippen LogP contribution is -2.36. The molecule has 0 atom stereocenters. The number of nitrogens with zero attached hydrogens (tertiary/aromatic N) is 1. The van der Waals surface area contributed by atoms with Crippen LogP contribution in [0.2, 0.25) is 0 Å². The van der Waals surface area contributed by atoms with Gasteiger partial charge in [-0.1, -0.05) is 18.2 Å². The molecule has 0 saturated carbocycles. The molecule has 1 rings (SSSR count). The fourth-order valence-corrected chi connectivity index (χ4v) is 1.91. The van der Waals surface area contributed by atoms with E-state index in [1.807, 2.05) is 18.2 Å². The number of nitrogens with two attached hydrogens (primary N) is 1. The van der Waals surface area contributed by atoms with Crippen LogP contribution in [0.15, 0.2) is 24.3 Å². The van der Waals surface area contributed by atoms with Crippen molar-refractivity contribution in [3.8, 4) is 0 Å². The molecular formula is C14H22N2O3. The minimum atomic E-state index is -0.0878. The largest absolute Gasteiger partial charge is 0.395 e. The maximum absolute atomic E-state index is 12.5. The highest BCUT2D eigenvalue weighted by molar-refractivity contribution is 5.95.